The van der Waals surface area contributed by atoms with Crippen molar-refractivity contribution in [3.8, 4) is 0 Å². The third-order valence-electron chi connectivity index (χ3n) is 5.42. The van der Waals surface area contributed by atoms with E-state index >= 15 is 0 Å². The van der Waals surface area contributed by atoms with Gasteiger partial charge in [0.2, 0.25) is 0 Å². The number of imidazole rings is 1. The molecule has 3 heterocycles. The highest BCUT2D eigenvalue weighted by Crippen LogP contribution is 2.32. The number of aliphatic hydroxyl groups excluding tert-OH is 2. The van der Waals surface area contributed by atoms with Gasteiger partial charge in [0, 0.05) is 0 Å². The lowest BCUT2D eigenvalue weighted by Crippen LogP contribution is -2.33. The van der Waals surface area contributed by atoms with E-state index in [-0.39, 0.29) is 12.4 Å². The van der Waals surface area contributed by atoms with Crippen LogP contribution in [0.2, 0.25) is 0 Å². The summed E-state index contributed by atoms with van der Waals surface area (Å²) in [5.74, 6) is 0.238. The maximum Gasteiger partial charge on any atom is 0.167 e. The van der Waals surface area contributed by atoms with Crippen LogP contribution in [0, 0.1) is 0 Å². The third kappa shape index (κ3) is 3.17. The Kier molecular flexibility index (Phi) is 4.80. The van der Waals surface area contributed by atoms with Gasteiger partial charge in [0.05, 0.1) is 19.5 Å². The number of aromatic nitrogens is 4. The van der Waals surface area contributed by atoms with Crippen LogP contribution in [0.25, 0.3) is 21.9 Å². The molecule has 154 valence electrons. The Morgan fingerprint density at radius 2 is 1.87 bits per heavy atom. The first-order chi connectivity index (χ1) is 14.6. The number of ether oxygens (including phenoxy) is 2. The van der Waals surface area contributed by atoms with E-state index in [1.807, 2.05) is 30.3 Å². The van der Waals surface area contributed by atoms with Gasteiger partial charge in [-0.1, -0.05) is 42.5 Å². The zero-order valence-corrected chi connectivity index (χ0v) is 16.0. The van der Waals surface area contributed by atoms with E-state index in [2.05, 4.69) is 27.1 Å². The normalized spacial score (nSPS) is 24.1. The van der Waals surface area contributed by atoms with Gasteiger partial charge >= 0.3 is 0 Å². The van der Waals surface area contributed by atoms with Crippen molar-refractivity contribution in [2.45, 2.75) is 31.1 Å². The van der Waals surface area contributed by atoms with Crippen molar-refractivity contribution in [1.82, 2.24) is 19.5 Å². The largest absolute Gasteiger partial charge is 0.387 e. The average Bonchev–Trinajstić information content (AvgIpc) is 3.31. The molecule has 0 unspecified atom stereocenters. The quantitative estimate of drug-likeness (QED) is 0.453. The van der Waals surface area contributed by atoms with Crippen molar-refractivity contribution in [2.75, 3.05) is 12.3 Å². The van der Waals surface area contributed by atoms with Crippen molar-refractivity contribution in [2.24, 2.45) is 0 Å². The van der Waals surface area contributed by atoms with Crippen molar-refractivity contribution in [3.63, 3.8) is 0 Å². The smallest absolute Gasteiger partial charge is 0.167 e. The topological polar surface area (TPSA) is 129 Å². The van der Waals surface area contributed by atoms with Gasteiger partial charge in [0.1, 0.15) is 30.2 Å². The molecule has 2 aromatic carbocycles. The molecule has 4 aromatic rings. The molecule has 1 aliphatic rings. The first-order valence-electron chi connectivity index (χ1n) is 9.62. The molecule has 0 aliphatic carbocycles. The molecule has 0 saturated carbocycles. The van der Waals surface area contributed by atoms with E-state index in [4.69, 9.17) is 15.2 Å². The highest BCUT2D eigenvalue weighted by atomic mass is 16.6. The maximum atomic E-state index is 10.5. The standard InChI is InChI=1S/C21H21N5O4/c22-19-16-20(24-10-23-19)26(11-25-16)21-18(28)17(27)15(30-21)9-29-8-13-6-3-5-12-4-1-2-7-14(12)13/h1-7,10-11,15,17-18,21,27-28H,8-9H2,(H2,22,23,24)/t15-,17-,18-,21-/m1/s1. The van der Waals surface area contributed by atoms with Crippen LogP contribution >= 0.6 is 0 Å². The zero-order valence-electron chi connectivity index (χ0n) is 16.0. The zero-order chi connectivity index (χ0) is 20.7. The molecule has 9 heteroatoms. The number of benzene rings is 2. The predicted octanol–water partition coefficient (Wildman–Crippen LogP) is 1.40. The fourth-order valence-electron chi connectivity index (χ4n) is 3.86. The van der Waals surface area contributed by atoms with Gasteiger partial charge in [-0.15, -0.1) is 0 Å². The number of nitrogens with zero attached hydrogens (tertiary/aromatic N) is 4. The Morgan fingerprint density at radius 3 is 2.77 bits per heavy atom. The Bertz CT molecular complexity index is 1190. The molecule has 0 radical (unpaired) electrons. The summed E-state index contributed by atoms with van der Waals surface area (Å²) in [7, 11) is 0. The summed E-state index contributed by atoms with van der Waals surface area (Å²) in [5.41, 5.74) is 7.71. The summed E-state index contributed by atoms with van der Waals surface area (Å²) < 4.78 is 13.3. The molecule has 4 N–H and O–H groups in total. The lowest BCUT2D eigenvalue weighted by Gasteiger charge is -2.16. The molecule has 2 aromatic heterocycles. The molecule has 4 atom stereocenters. The van der Waals surface area contributed by atoms with E-state index in [1.165, 1.54) is 12.7 Å². The molecule has 0 bridgehead atoms. The second kappa shape index (κ2) is 7.62. The molecule has 9 nitrogen and oxygen atoms in total. The number of fused-ring (bicyclic) bond motifs is 2. The average molecular weight is 407 g/mol. The molecule has 30 heavy (non-hydrogen) atoms. The summed E-state index contributed by atoms with van der Waals surface area (Å²) >= 11 is 0. The lowest BCUT2D eigenvalue weighted by atomic mass is 10.1. The Hall–Kier alpha value is -3.11. The molecular formula is C21H21N5O4. The third-order valence-corrected chi connectivity index (χ3v) is 5.42. The van der Waals surface area contributed by atoms with Crippen LogP contribution < -0.4 is 5.73 Å². The van der Waals surface area contributed by atoms with Gasteiger partial charge in [-0.25, -0.2) is 15.0 Å². The second-order valence-corrected chi connectivity index (χ2v) is 7.28. The number of aliphatic hydroxyl groups is 2. The molecule has 0 spiro atoms. The Morgan fingerprint density at radius 1 is 1.03 bits per heavy atom. The first kappa shape index (κ1) is 18.9. The van der Waals surface area contributed by atoms with E-state index in [0.29, 0.717) is 17.8 Å². The van der Waals surface area contributed by atoms with Crippen molar-refractivity contribution >= 4 is 27.8 Å². The van der Waals surface area contributed by atoms with Crippen LogP contribution in [0.1, 0.15) is 11.8 Å². The highest BCUT2D eigenvalue weighted by Gasteiger charge is 2.44. The predicted molar refractivity (Wildman–Crippen MR) is 109 cm³/mol. The van der Waals surface area contributed by atoms with Gasteiger partial charge < -0.3 is 25.4 Å². The minimum absolute atomic E-state index is 0.127. The van der Waals surface area contributed by atoms with Gasteiger partial charge in [0.15, 0.2) is 17.7 Å². The van der Waals surface area contributed by atoms with E-state index in [1.54, 1.807) is 4.57 Å². The second-order valence-electron chi connectivity index (χ2n) is 7.28. The molecular weight excluding hydrogens is 386 g/mol. The van der Waals surface area contributed by atoms with Crippen LogP contribution in [0.5, 0.6) is 0 Å². The SMILES string of the molecule is Nc1ncnc2c1ncn2[C@@H]1O[C@H](COCc2cccc3ccccc23)[C@@H](O)[C@H]1O. The Balaban J connectivity index is 1.30. The lowest BCUT2D eigenvalue weighted by molar-refractivity contribution is -0.0681. The van der Waals surface area contributed by atoms with Gasteiger partial charge in [-0.05, 0) is 16.3 Å². The molecule has 1 saturated heterocycles. The monoisotopic (exact) mass is 407 g/mol. The van der Waals surface area contributed by atoms with E-state index in [0.717, 1.165) is 16.3 Å². The number of nitrogen functional groups attached to an aromatic ring is 1. The maximum absolute atomic E-state index is 10.5. The molecule has 0 amide bonds. The number of anilines is 1. The van der Waals surface area contributed by atoms with Gasteiger partial charge in [0.25, 0.3) is 0 Å². The minimum Gasteiger partial charge on any atom is -0.387 e. The van der Waals surface area contributed by atoms with Crippen LogP contribution in [0.3, 0.4) is 0 Å². The summed E-state index contributed by atoms with van der Waals surface area (Å²) in [6, 6.07) is 14.1. The van der Waals surface area contributed by atoms with Gasteiger partial charge in [-0.2, -0.15) is 0 Å². The van der Waals surface area contributed by atoms with Crippen LogP contribution in [-0.2, 0) is 16.1 Å². The summed E-state index contributed by atoms with van der Waals surface area (Å²) in [5, 5.41) is 23.3. The fraction of sp³-hybridized carbons (Fsp3) is 0.286. The van der Waals surface area contributed by atoms with Gasteiger partial charge in [-0.3, -0.25) is 4.57 Å². The fourth-order valence-corrected chi connectivity index (χ4v) is 3.86. The van der Waals surface area contributed by atoms with E-state index in [9.17, 15) is 10.2 Å². The number of hydrogen-bond acceptors (Lipinski definition) is 8. The van der Waals surface area contributed by atoms with Crippen molar-refractivity contribution in [3.05, 3.63) is 60.7 Å². The van der Waals surface area contributed by atoms with Crippen molar-refractivity contribution in [1.29, 1.82) is 0 Å². The highest BCUT2D eigenvalue weighted by molar-refractivity contribution is 5.85. The minimum atomic E-state index is -1.16. The number of nitrogens with two attached hydrogens (primary N) is 1. The number of rotatable bonds is 5. The Labute approximate surface area is 171 Å². The molecule has 1 fully saturated rings. The summed E-state index contributed by atoms with van der Waals surface area (Å²) in [6.45, 7) is 0.494. The van der Waals surface area contributed by atoms with E-state index < -0.39 is 24.5 Å². The van der Waals surface area contributed by atoms with Crippen molar-refractivity contribution < 1.29 is 19.7 Å². The molecule has 1 aliphatic heterocycles. The molecule has 5 rings (SSSR count). The summed E-state index contributed by atoms with van der Waals surface area (Å²) in [6.07, 6.45) is -1.04. The first-order valence-corrected chi connectivity index (χ1v) is 9.62. The number of hydrogen-bond donors (Lipinski definition) is 3. The van der Waals surface area contributed by atoms with Crippen LogP contribution in [0.15, 0.2) is 55.1 Å². The van der Waals surface area contributed by atoms with Crippen LogP contribution in [-0.4, -0.2) is 54.7 Å². The van der Waals surface area contributed by atoms with Crippen LogP contribution in [0.4, 0.5) is 5.82 Å². The summed E-state index contributed by atoms with van der Waals surface area (Å²) in [4.78, 5) is 12.3.